The van der Waals surface area contributed by atoms with E-state index in [9.17, 15) is 13.5 Å². The molecule has 0 aromatic heterocycles. The van der Waals surface area contributed by atoms with E-state index in [1.165, 1.54) is 23.9 Å². The Morgan fingerprint density at radius 1 is 1.44 bits per heavy atom. The maximum Gasteiger partial charge on any atom is 0.242 e. The molecular formula is C11H18N2O3S2. The van der Waals surface area contributed by atoms with Gasteiger partial charge in [-0.25, -0.2) is 13.1 Å². The molecule has 1 rings (SSSR count). The molecule has 0 bridgehead atoms. The lowest BCUT2D eigenvalue weighted by Gasteiger charge is -2.22. The predicted octanol–water partition coefficient (Wildman–Crippen LogP) is 0.661. The molecule has 1 atom stereocenters. The summed E-state index contributed by atoms with van der Waals surface area (Å²) < 4.78 is 26.4. The molecule has 5 nitrogen and oxygen atoms in total. The van der Waals surface area contributed by atoms with Crippen LogP contribution >= 0.6 is 11.8 Å². The van der Waals surface area contributed by atoms with Crippen molar-refractivity contribution < 1.29 is 13.5 Å². The normalized spacial score (nSPS) is 15.3. The van der Waals surface area contributed by atoms with E-state index >= 15 is 0 Å². The summed E-state index contributed by atoms with van der Waals surface area (Å²) in [5, 5.41) is 9.91. The van der Waals surface area contributed by atoms with Gasteiger partial charge in [0.25, 0.3) is 0 Å². The minimum absolute atomic E-state index is 0.0324. The topological polar surface area (TPSA) is 92.4 Å². The second-order valence-electron chi connectivity index (χ2n) is 4.29. The fourth-order valence-electron chi connectivity index (χ4n) is 1.42. The van der Waals surface area contributed by atoms with Crippen LogP contribution in [0, 0.1) is 0 Å². The first-order valence-corrected chi connectivity index (χ1v) is 8.22. The number of anilines is 1. The van der Waals surface area contributed by atoms with Gasteiger partial charge < -0.3 is 10.8 Å². The van der Waals surface area contributed by atoms with Crippen LogP contribution in [-0.4, -0.2) is 37.7 Å². The largest absolute Gasteiger partial charge is 0.398 e. The van der Waals surface area contributed by atoms with Crippen molar-refractivity contribution in [3.05, 3.63) is 24.3 Å². The zero-order chi connectivity index (χ0) is 13.8. The highest BCUT2D eigenvalue weighted by Gasteiger charge is 2.24. The lowest BCUT2D eigenvalue weighted by molar-refractivity contribution is 0.0908. The van der Waals surface area contributed by atoms with Crippen LogP contribution in [-0.2, 0) is 10.0 Å². The van der Waals surface area contributed by atoms with E-state index in [4.69, 9.17) is 5.73 Å². The van der Waals surface area contributed by atoms with Crippen molar-refractivity contribution in [1.82, 2.24) is 4.72 Å². The summed E-state index contributed by atoms with van der Waals surface area (Å²) in [6.45, 7) is 1.53. The van der Waals surface area contributed by atoms with Crippen LogP contribution in [0.5, 0.6) is 0 Å². The zero-order valence-electron chi connectivity index (χ0n) is 10.4. The number of thioether (sulfide) groups is 1. The van der Waals surface area contributed by atoms with Gasteiger partial charge in [0.2, 0.25) is 10.0 Å². The van der Waals surface area contributed by atoms with Crippen molar-refractivity contribution in [2.24, 2.45) is 0 Å². The Balaban J connectivity index is 2.81. The molecule has 102 valence electrons. The molecule has 0 spiro atoms. The number of rotatable bonds is 6. The maximum atomic E-state index is 12.0. The number of nitrogen functional groups attached to an aromatic ring is 1. The summed E-state index contributed by atoms with van der Waals surface area (Å²) in [4.78, 5) is 0.0324. The molecule has 0 saturated heterocycles. The summed E-state index contributed by atoms with van der Waals surface area (Å²) in [5.41, 5.74) is 4.72. The van der Waals surface area contributed by atoms with Gasteiger partial charge in [0, 0.05) is 12.3 Å². The number of hydrogen-bond acceptors (Lipinski definition) is 5. The number of nitrogens with two attached hydrogens (primary N) is 1. The number of para-hydroxylation sites is 1. The van der Waals surface area contributed by atoms with E-state index in [1.807, 2.05) is 6.26 Å². The Morgan fingerprint density at radius 3 is 2.61 bits per heavy atom. The third-order valence-corrected chi connectivity index (χ3v) is 4.69. The average Bonchev–Trinajstić information content (AvgIpc) is 2.27. The number of sulfonamides is 1. The first-order chi connectivity index (χ1) is 8.28. The second-order valence-corrected chi connectivity index (χ2v) is 6.89. The van der Waals surface area contributed by atoms with Gasteiger partial charge in [-0.2, -0.15) is 11.8 Å². The van der Waals surface area contributed by atoms with E-state index in [0.29, 0.717) is 5.75 Å². The van der Waals surface area contributed by atoms with Crippen LogP contribution in [0.2, 0.25) is 0 Å². The molecule has 1 aromatic carbocycles. The van der Waals surface area contributed by atoms with E-state index < -0.39 is 15.6 Å². The Labute approximate surface area is 112 Å². The quantitative estimate of drug-likeness (QED) is 0.669. The Bertz CT molecular complexity index is 501. The van der Waals surface area contributed by atoms with Crippen molar-refractivity contribution in [1.29, 1.82) is 0 Å². The minimum Gasteiger partial charge on any atom is -0.398 e. The molecule has 4 N–H and O–H groups in total. The predicted molar refractivity (Wildman–Crippen MR) is 75.0 cm³/mol. The summed E-state index contributed by atoms with van der Waals surface area (Å²) in [6.07, 6.45) is 1.85. The van der Waals surface area contributed by atoms with Crippen LogP contribution < -0.4 is 10.5 Å². The van der Waals surface area contributed by atoms with Gasteiger partial charge in [-0.3, -0.25) is 0 Å². The molecule has 1 aromatic rings. The van der Waals surface area contributed by atoms with E-state index in [-0.39, 0.29) is 17.1 Å². The third-order valence-electron chi connectivity index (χ3n) is 2.31. The summed E-state index contributed by atoms with van der Waals surface area (Å²) in [7, 11) is -3.69. The molecule has 18 heavy (non-hydrogen) atoms. The fraction of sp³-hybridized carbons (Fsp3) is 0.455. The molecule has 0 fully saturated rings. The lowest BCUT2D eigenvalue weighted by atomic mass is 10.1. The molecule has 7 heteroatoms. The molecule has 0 amide bonds. The van der Waals surface area contributed by atoms with Gasteiger partial charge in [0.05, 0.1) is 11.3 Å². The summed E-state index contributed by atoms with van der Waals surface area (Å²) in [5.74, 6) is 0.444. The Kier molecular flexibility index (Phi) is 5.03. The van der Waals surface area contributed by atoms with Gasteiger partial charge in [0.15, 0.2) is 0 Å². The average molecular weight is 290 g/mol. The summed E-state index contributed by atoms with van der Waals surface area (Å²) in [6, 6.07) is 6.22. The third kappa shape index (κ3) is 4.16. The van der Waals surface area contributed by atoms with Gasteiger partial charge in [-0.15, -0.1) is 0 Å². The smallest absolute Gasteiger partial charge is 0.242 e. The molecule has 0 aliphatic heterocycles. The first-order valence-electron chi connectivity index (χ1n) is 5.34. The van der Waals surface area contributed by atoms with Crippen LogP contribution in [0.4, 0.5) is 5.69 Å². The molecule has 0 saturated carbocycles. The molecule has 0 aliphatic rings. The number of aliphatic hydroxyl groups is 1. The van der Waals surface area contributed by atoms with Crippen LogP contribution in [0.1, 0.15) is 6.92 Å². The van der Waals surface area contributed by atoms with Crippen molar-refractivity contribution in [2.75, 3.05) is 24.3 Å². The maximum absolute atomic E-state index is 12.0. The SMILES string of the molecule is CSCC(C)(O)CNS(=O)(=O)c1ccccc1N. The number of hydrogen-bond donors (Lipinski definition) is 3. The van der Waals surface area contributed by atoms with E-state index in [2.05, 4.69) is 4.72 Å². The first kappa shape index (κ1) is 15.3. The van der Waals surface area contributed by atoms with Gasteiger partial charge in [-0.05, 0) is 25.3 Å². The zero-order valence-corrected chi connectivity index (χ0v) is 12.0. The van der Waals surface area contributed by atoms with Crippen molar-refractivity contribution in [3.8, 4) is 0 Å². The van der Waals surface area contributed by atoms with E-state index in [0.717, 1.165) is 0 Å². The van der Waals surface area contributed by atoms with Crippen LogP contribution in [0.25, 0.3) is 0 Å². The molecule has 0 heterocycles. The monoisotopic (exact) mass is 290 g/mol. The minimum atomic E-state index is -3.69. The Hall–Kier alpha value is -0.760. The number of benzene rings is 1. The van der Waals surface area contributed by atoms with Gasteiger partial charge in [0.1, 0.15) is 4.90 Å². The van der Waals surface area contributed by atoms with E-state index in [1.54, 1.807) is 19.1 Å². The highest BCUT2D eigenvalue weighted by Crippen LogP contribution is 2.18. The fourth-order valence-corrected chi connectivity index (χ4v) is 3.43. The van der Waals surface area contributed by atoms with Crippen molar-refractivity contribution in [3.63, 3.8) is 0 Å². The number of nitrogens with one attached hydrogen (secondary N) is 1. The second kappa shape index (κ2) is 5.92. The van der Waals surface area contributed by atoms with Gasteiger partial charge in [-0.1, -0.05) is 12.1 Å². The molecule has 0 aliphatic carbocycles. The molecule has 0 radical (unpaired) electrons. The van der Waals surface area contributed by atoms with Crippen LogP contribution in [0.15, 0.2) is 29.2 Å². The van der Waals surface area contributed by atoms with Crippen molar-refractivity contribution in [2.45, 2.75) is 17.4 Å². The van der Waals surface area contributed by atoms with Crippen LogP contribution in [0.3, 0.4) is 0 Å². The Morgan fingerprint density at radius 2 is 2.06 bits per heavy atom. The molecule has 1 unspecified atom stereocenters. The standard InChI is InChI=1S/C11H18N2O3S2/c1-11(14,8-17-2)7-13-18(15,16)10-6-4-3-5-9(10)12/h3-6,13-14H,7-8,12H2,1-2H3. The highest BCUT2D eigenvalue weighted by molar-refractivity contribution is 7.98. The molecular weight excluding hydrogens is 272 g/mol. The lowest BCUT2D eigenvalue weighted by Crippen LogP contribution is -2.42. The summed E-state index contributed by atoms with van der Waals surface area (Å²) >= 11 is 1.45. The highest BCUT2D eigenvalue weighted by atomic mass is 32.2. The van der Waals surface area contributed by atoms with Gasteiger partial charge >= 0.3 is 0 Å². The van der Waals surface area contributed by atoms with Crippen molar-refractivity contribution >= 4 is 27.5 Å².